The van der Waals surface area contributed by atoms with Gasteiger partial charge in [0.15, 0.2) is 0 Å². The van der Waals surface area contributed by atoms with Gasteiger partial charge in [0.05, 0.1) is 5.69 Å². The Bertz CT molecular complexity index is 597. The average molecular weight is 292 g/mol. The molecule has 1 aromatic heterocycles. The van der Waals surface area contributed by atoms with E-state index in [1.54, 1.807) is 12.1 Å². The highest BCUT2D eigenvalue weighted by atomic mass is 35.5. The van der Waals surface area contributed by atoms with Crippen molar-refractivity contribution in [2.75, 3.05) is 36.0 Å². The van der Waals surface area contributed by atoms with E-state index in [9.17, 15) is 4.39 Å². The molecule has 20 heavy (non-hydrogen) atoms. The summed E-state index contributed by atoms with van der Waals surface area (Å²) in [6, 6.07) is 12.5. The van der Waals surface area contributed by atoms with Gasteiger partial charge in [0.25, 0.3) is 0 Å². The van der Waals surface area contributed by atoms with Gasteiger partial charge in [0.2, 0.25) is 0 Å². The summed E-state index contributed by atoms with van der Waals surface area (Å²) >= 11 is 5.91. The van der Waals surface area contributed by atoms with Gasteiger partial charge >= 0.3 is 0 Å². The molecule has 0 spiro atoms. The first kappa shape index (κ1) is 13.2. The summed E-state index contributed by atoms with van der Waals surface area (Å²) < 4.78 is 13.8. The van der Waals surface area contributed by atoms with E-state index in [4.69, 9.17) is 11.6 Å². The minimum atomic E-state index is -0.165. The van der Waals surface area contributed by atoms with Crippen LogP contribution in [-0.4, -0.2) is 31.2 Å². The van der Waals surface area contributed by atoms with Crippen LogP contribution < -0.4 is 9.80 Å². The van der Waals surface area contributed by atoms with Gasteiger partial charge in [-0.2, -0.15) is 0 Å². The van der Waals surface area contributed by atoms with Gasteiger partial charge in [-0.05, 0) is 24.3 Å². The molecule has 0 atom stereocenters. The van der Waals surface area contributed by atoms with Crippen molar-refractivity contribution in [3.63, 3.8) is 0 Å². The van der Waals surface area contributed by atoms with Crippen molar-refractivity contribution in [3.8, 4) is 0 Å². The Hall–Kier alpha value is -1.81. The molecule has 1 aromatic carbocycles. The second kappa shape index (κ2) is 5.67. The molecule has 2 aromatic rings. The van der Waals surface area contributed by atoms with Crippen LogP contribution in [0.5, 0.6) is 0 Å². The van der Waals surface area contributed by atoms with Gasteiger partial charge in [-0.1, -0.05) is 29.8 Å². The molecule has 2 heterocycles. The zero-order valence-corrected chi connectivity index (χ0v) is 11.7. The molecule has 0 N–H and O–H groups in total. The number of benzene rings is 1. The van der Waals surface area contributed by atoms with Gasteiger partial charge in [0.1, 0.15) is 16.8 Å². The van der Waals surface area contributed by atoms with Gasteiger partial charge in [0, 0.05) is 26.2 Å². The van der Waals surface area contributed by atoms with Crippen molar-refractivity contribution >= 4 is 23.1 Å². The summed E-state index contributed by atoms with van der Waals surface area (Å²) in [5, 5.41) is 0.499. The zero-order valence-electron chi connectivity index (χ0n) is 11.0. The van der Waals surface area contributed by atoms with Crippen LogP contribution in [0.15, 0.2) is 42.5 Å². The first-order valence-corrected chi connectivity index (χ1v) is 6.99. The van der Waals surface area contributed by atoms with Gasteiger partial charge in [-0.25, -0.2) is 9.37 Å². The van der Waals surface area contributed by atoms with Crippen LogP contribution in [0.3, 0.4) is 0 Å². The Morgan fingerprint density at radius 2 is 1.60 bits per heavy atom. The lowest BCUT2D eigenvalue weighted by molar-refractivity contribution is 0.596. The Morgan fingerprint density at radius 1 is 0.900 bits per heavy atom. The lowest BCUT2D eigenvalue weighted by Crippen LogP contribution is -2.47. The summed E-state index contributed by atoms with van der Waals surface area (Å²) in [5.74, 6) is 0.715. The fourth-order valence-corrected chi connectivity index (χ4v) is 2.62. The average Bonchev–Trinajstić information content (AvgIpc) is 2.48. The number of aromatic nitrogens is 1. The minimum Gasteiger partial charge on any atom is -0.366 e. The van der Waals surface area contributed by atoms with Crippen LogP contribution in [0.25, 0.3) is 0 Å². The number of para-hydroxylation sites is 1. The summed E-state index contributed by atoms with van der Waals surface area (Å²) in [6.07, 6.45) is 0. The first-order chi connectivity index (χ1) is 9.74. The highest BCUT2D eigenvalue weighted by molar-refractivity contribution is 6.29. The maximum Gasteiger partial charge on any atom is 0.146 e. The second-order valence-electron chi connectivity index (χ2n) is 4.74. The predicted molar refractivity (Wildman–Crippen MR) is 80.1 cm³/mol. The fraction of sp³-hybridized carbons (Fsp3) is 0.267. The highest BCUT2D eigenvalue weighted by Gasteiger charge is 2.20. The van der Waals surface area contributed by atoms with Crippen LogP contribution >= 0.6 is 11.6 Å². The molecule has 1 aliphatic rings. The summed E-state index contributed by atoms with van der Waals surface area (Å²) in [7, 11) is 0. The molecule has 1 aliphatic heterocycles. The van der Waals surface area contributed by atoms with E-state index in [0.717, 1.165) is 32.0 Å². The van der Waals surface area contributed by atoms with Gasteiger partial charge < -0.3 is 9.80 Å². The summed E-state index contributed by atoms with van der Waals surface area (Å²) in [5.41, 5.74) is 0.672. The van der Waals surface area contributed by atoms with E-state index < -0.39 is 0 Å². The van der Waals surface area contributed by atoms with E-state index in [0.29, 0.717) is 10.8 Å². The molecular weight excluding hydrogens is 277 g/mol. The third-order valence-corrected chi connectivity index (χ3v) is 3.71. The quantitative estimate of drug-likeness (QED) is 0.792. The molecule has 1 fully saturated rings. The van der Waals surface area contributed by atoms with Crippen molar-refractivity contribution < 1.29 is 4.39 Å². The third-order valence-electron chi connectivity index (χ3n) is 3.50. The Kier molecular flexibility index (Phi) is 3.74. The molecule has 3 rings (SSSR count). The standard InChI is InChI=1S/C15H15ClFN3/c16-14-6-3-7-15(18-14)20-10-8-19(9-11-20)13-5-2-1-4-12(13)17/h1-7H,8-11H2. The van der Waals surface area contributed by atoms with Crippen LogP contribution in [0.4, 0.5) is 15.9 Å². The lowest BCUT2D eigenvalue weighted by atomic mass is 10.2. The number of pyridine rings is 1. The maximum absolute atomic E-state index is 13.8. The Morgan fingerprint density at radius 3 is 2.30 bits per heavy atom. The molecule has 0 saturated carbocycles. The number of anilines is 2. The van der Waals surface area contributed by atoms with Crippen molar-refractivity contribution in [3.05, 3.63) is 53.4 Å². The molecule has 1 saturated heterocycles. The molecule has 0 aliphatic carbocycles. The van der Waals surface area contributed by atoms with Crippen molar-refractivity contribution in [2.45, 2.75) is 0 Å². The monoisotopic (exact) mass is 291 g/mol. The zero-order chi connectivity index (χ0) is 13.9. The fourth-order valence-electron chi connectivity index (χ4n) is 2.46. The van der Waals surface area contributed by atoms with Crippen LogP contribution in [0.1, 0.15) is 0 Å². The SMILES string of the molecule is Fc1ccccc1N1CCN(c2cccc(Cl)n2)CC1. The number of rotatable bonds is 2. The molecule has 0 radical (unpaired) electrons. The number of hydrogen-bond acceptors (Lipinski definition) is 3. The molecule has 0 bridgehead atoms. The van der Waals surface area contributed by atoms with Crippen LogP contribution in [-0.2, 0) is 0 Å². The largest absolute Gasteiger partial charge is 0.366 e. The predicted octanol–water partition coefficient (Wildman–Crippen LogP) is 3.20. The normalized spacial score (nSPS) is 15.5. The molecular formula is C15H15ClFN3. The van der Waals surface area contributed by atoms with Crippen LogP contribution in [0.2, 0.25) is 5.15 Å². The number of nitrogens with zero attached hydrogens (tertiary/aromatic N) is 3. The first-order valence-electron chi connectivity index (χ1n) is 6.61. The minimum absolute atomic E-state index is 0.165. The van der Waals surface area contributed by atoms with Crippen molar-refractivity contribution in [2.24, 2.45) is 0 Å². The molecule has 3 nitrogen and oxygen atoms in total. The Labute approximate surface area is 122 Å². The lowest BCUT2D eigenvalue weighted by Gasteiger charge is -2.36. The van der Waals surface area contributed by atoms with Crippen LogP contribution in [0, 0.1) is 5.82 Å². The third kappa shape index (κ3) is 2.70. The number of hydrogen-bond donors (Lipinski definition) is 0. The number of halogens is 2. The second-order valence-corrected chi connectivity index (χ2v) is 5.13. The van der Waals surface area contributed by atoms with Crippen molar-refractivity contribution in [1.29, 1.82) is 0 Å². The summed E-state index contributed by atoms with van der Waals surface area (Å²) in [6.45, 7) is 3.16. The molecule has 5 heteroatoms. The maximum atomic E-state index is 13.8. The highest BCUT2D eigenvalue weighted by Crippen LogP contribution is 2.22. The van der Waals surface area contributed by atoms with E-state index in [1.165, 1.54) is 6.07 Å². The Balaban J connectivity index is 1.70. The topological polar surface area (TPSA) is 19.4 Å². The van der Waals surface area contributed by atoms with E-state index in [2.05, 4.69) is 14.8 Å². The molecule has 0 unspecified atom stereocenters. The smallest absolute Gasteiger partial charge is 0.146 e. The van der Waals surface area contributed by atoms with E-state index >= 15 is 0 Å². The number of piperazine rings is 1. The van der Waals surface area contributed by atoms with Crippen molar-refractivity contribution in [1.82, 2.24) is 4.98 Å². The van der Waals surface area contributed by atoms with E-state index in [1.807, 2.05) is 24.3 Å². The van der Waals surface area contributed by atoms with Gasteiger partial charge in [-0.3, -0.25) is 0 Å². The van der Waals surface area contributed by atoms with E-state index in [-0.39, 0.29) is 5.82 Å². The molecule has 0 amide bonds. The van der Waals surface area contributed by atoms with Gasteiger partial charge in [-0.15, -0.1) is 0 Å². The molecule has 104 valence electrons. The summed E-state index contributed by atoms with van der Waals surface area (Å²) in [4.78, 5) is 8.55.